The number of halogens is 1. The summed E-state index contributed by atoms with van der Waals surface area (Å²) in [6.07, 6.45) is 2.67. The van der Waals surface area contributed by atoms with Crippen molar-refractivity contribution in [3.8, 4) is 5.75 Å². The fourth-order valence-electron chi connectivity index (χ4n) is 2.01. The second-order valence-corrected chi connectivity index (χ2v) is 4.96. The molecule has 23 heavy (non-hydrogen) atoms. The predicted octanol–water partition coefficient (Wildman–Crippen LogP) is 5.53. The molecule has 0 aliphatic rings. The molecule has 2 N–H and O–H groups in total. The van der Waals surface area contributed by atoms with Gasteiger partial charge in [-0.15, -0.1) is 0 Å². The molecule has 0 aliphatic heterocycles. The van der Waals surface area contributed by atoms with Gasteiger partial charge in [0.2, 0.25) is 0 Å². The van der Waals surface area contributed by atoms with Crippen LogP contribution in [0.3, 0.4) is 0 Å². The summed E-state index contributed by atoms with van der Waals surface area (Å²) in [6.45, 7) is 11.2. The highest BCUT2D eigenvalue weighted by atomic mass is 19.1. The average Bonchev–Trinajstić information content (AvgIpc) is 2.56. The molecule has 0 saturated carbocycles. The summed E-state index contributed by atoms with van der Waals surface area (Å²) < 4.78 is 13.7. The molecule has 2 nitrogen and oxygen atoms in total. The van der Waals surface area contributed by atoms with Crippen molar-refractivity contribution in [3.63, 3.8) is 0 Å². The first kappa shape index (κ1) is 16.3. The summed E-state index contributed by atoms with van der Waals surface area (Å²) in [5.41, 5.74) is 3.41. The number of rotatable bonds is 6. The van der Waals surface area contributed by atoms with Gasteiger partial charge in [-0.1, -0.05) is 50.1 Å². The molecular weight excluding hydrogens is 289 g/mol. The SMILES string of the molecule is C=C/C=C(/F)C(=C)c1ccc(C(=C)Nc2ccc(O)cc2)cc1. The van der Waals surface area contributed by atoms with Crippen molar-refractivity contribution in [2.75, 3.05) is 5.32 Å². The number of aromatic hydroxyl groups is 1. The number of hydrogen-bond donors (Lipinski definition) is 2. The Balaban J connectivity index is 2.11. The number of hydrogen-bond acceptors (Lipinski definition) is 2. The summed E-state index contributed by atoms with van der Waals surface area (Å²) in [5, 5.41) is 12.4. The quantitative estimate of drug-likeness (QED) is 0.543. The zero-order valence-electron chi connectivity index (χ0n) is 12.7. The zero-order valence-corrected chi connectivity index (χ0v) is 12.7. The minimum Gasteiger partial charge on any atom is -0.508 e. The lowest BCUT2D eigenvalue weighted by Crippen LogP contribution is -1.97. The monoisotopic (exact) mass is 307 g/mol. The van der Waals surface area contributed by atoms with Gasteiger partial charge in [-0.25, -0.2) is 4.39 Å². The van der Waals surface area contributed by atoms with Gasteiger partial charge >= 0.3 is 0 Å². The third-order valence-corrected chi connectivity index (χ3v) is 3.30. The molecule has 0 aliphatic carbocycles. The van der Waals surface area contributed by atoms with Crippen LogP contribution in [0.25, 0.3) is 11.3 Å². The normalized spacial score (nSPS) is 10.9. The van der Waals surface area contributed by atoms with Crippen LogP contribution in [0.15, 0.2) is 86.2 Å². The summed E-state index contributed by atoms with van der Waals surface area (Å²) in [7, 11) is 0. The first-order valence-corrected chi connectivity index (χ1v) is 7.04. The van der Waals surface area contributed by atoms with Gasteiger partial charge < -0.3 is 10.4 Å². The third kappa shape index (κ3) is 4.20. The predicted molar refractivity (Wildman–Crippen MR) is 95.6 cm³/mol. The number of nitrogens with one attached hydrogen (secondary N) is 1. The van der Waals surface area contributed by atoms with E-state index in [0.29, 0.717) is 16.8 Å². The second-order valence-electron chi connectivity index (χ2n) is 4.96. The molecule has 0 amide bonds. The largest absolute Gasteiger partial charge is 0.508 e. The van der Waals surface area contributed by atoms with Crippen LogP contribution in [0.5, 0.6) is 5.75 Å². The number of allylic oxidation sites excluding steroid dienone is 4. The molecule has 0 aromatic heterocycles. The Hall–Kier alpha value is -3.07. The van der Waals surface area contributed by atoms with Crippen molar-refractivity contribution in [3.05, 3.63) is 97.4 Å². The van der Waals surface area contributed by atoms with E-state index in [4.69, 9.17) is 0 Å². The third-order valence-electron chi connectivity index (χ3n) is 3.30. The van der Waals surface area contributed by atoms with Gasteiger partial charge in [-0.2, -0.15) is 0 Å². The van der Waals surface area contributed by atoms with E-state index in [1.54, 1.807) is 36.4 Å². The van der Waals surface area contributed by atoms with Crippen molar-refractivity contribution in [2.24, 2.45) is 0 Å². The average molecular weight is 307 g/mol. The van der Waals surface area contributed by atoms with Gasteiger partial charge in [-0.05, 0) is 41.5 Å². The molecule has 2 aromatic carbocycles. The Labute approximate surface area is 135 Å². The first-order chi connectivity index (χ1) is 11.0. The minimum absolute atomic E-state index is 0.207. The summed E-state index contributed by atoms with van der Waals surface area (Å²) in [6, 6.07) is 14.0. The molecule has 0 radical (unpaired) electrons. The number of benzene rings is 2. The maximum atomic E-state index is 13.7. The number of phenolic OH excluding ortho intramolecular Hbond substituents is 1. The molecule has 0 spiro atoms. The van der Waals surface area contributed by atoms with Crippen molar-refractivity contribution >= 4 is 17.0 Å². The van der Waals surface area contributed by atoms with E-state index < -0.39 is 5.83 Å². The Morgan fingerprint density at radius 3 is 2.09 bits per heavy atom. The van der Waals surface area contributed by atoms with E-state index in [-0.39, 0.29) is 5.75 Å². The Morgan fingerprint density at radius 1 is 0.957 bits per heavy atom. The second kappa shape index (κ2) is 7.27. The van der Waals surface area contributed by atoms with E-state index in [9.17, 15) is 9.50 Å². The lowest BCUT2D eigenvalue weighted by Gasteiger charge is -2.11. The van der Waals surface area contributed by atoms with E-state index >= 15 is 0 Å². The van der Waals surface area contributed by atoms with Gasteiger partial charge in [0.05, 0.1) is 0 Å². The fraction of sp³-hybridized carbons (Fsp3) is 0. The van der Waals surface area contributed by atoms with Crippen LogP contribution in [-0.2, 0) is 0 Å². The molecule has 3 heteroatoms. The van der Waals surface area contributed by atoms with Crippen molar-refractivity contribution < 1.29 is 9.50 Å². The molecule has 0 saturated heterocycles. The summed E-state index contributed by atoms with van der Waals surface area (Å²) >= 11 is 0. The summed E-state index contributed by atoms with van der Waals surface area (Å²) in [5.74, 6) is -0.201. The molecule has 2 rings (SSSR count). The number of anilines is 1. The van der Waals surface area contributed by atoms with E-state index in [1.807, 2.05) is 12.1 Å². The van der Waals surface area contributed by atoms with Crippen LogP contribution in [0.2, 0.25) is 0 Å². The van der Waals surface area contributed by atoms with Crippen LogP contribution >= 0.6 is 0 Å². The van der Waals surface area contributed by atoms with Gasteiger partial charge in [0.15, 0.2) is 0 Å². The van der Waals surface area contributed by atoms with Gasteiger partial charge in [-0.3, -0.25) is 0 Å². The standard InChI is InChI=1S/C20H18FNO/c1-4-5-20(21)14(2)16-6-8-17(9-7-16)15(3)22-18-10-12-19(23)13-11-18/h4-13,22-23H,1-3H2/b20-5+. The first-order valence-electron chi connectivity index (χ1n) is 7.04. The lowest BCUT2D eigenvalue weighted by molar-refractivity contribution is 0.475. The van der Waals surface area contributed by atoms with E-state index in [2.05, 4.69) is 25.1 Å². The fourth-order valence-corrected chi connectivity index (χ4v) is 2.01. The molecule has 0 heterocycles. The molecule has 0 unspecified atom stereocenters. The molecular formula is C20H18FNO. The maximum Gasteiger partial charge on any atom is 0.130 e. The van der Waals surface area contributed by atoms with Crippen molar-refractivity contribution in [2.45, 2.75) is 0 Å². The number of phenols is 1. The maximum absolute atomic E-state index is 13.7. The Kier molecular flexibility index (Phi) is 5.15. The molecule has 0 fully saturated rings. The molecule has 2 aromatic rings. The van der Waals surface area contributed by atoms with Crippen molar-refractivity contribution in [1.29, 1.82) is 0 Å². The van der Waals surface area contributed by atoms with Crippen LogP contribution < -0.4 is 5.32 Å². The van der Waals surface area contributed by atoms with Gasteiger partial charge in [0.1, 0.15) is 11.6 Å². The lowest BCUT2D eigenvalue weighted by atomic mass is 10.0. The minimum atomic E-state index is -0.409. The van der Waals surface area contributed by atoms with Gasteiger partial charge in [0.25, 0.3) is 0 Å². The topological polar surface area (TPSA) is 32.3 Å². The molecule has 116 valence electrons. The van der Waals surface area contributed by atoms with E-state index in [0.717, 1.165) is 11.3 Å². The molecule has 0 bridgehead atoms. The summed E-state index contributed by atoms with van der Waals surface area (Å²) in [4.78, 5) is 0. The van der Waals surface area contributed by atoms with E-state index in [1.165, 1.54) is 12.2 Å². The zero-order chi connectivity index (χ0) is 16.8. The Morgan fingerprint density at radius 2 is 1.52 bits per heavy atom. The van der Waals surface area contributed by atoms with Crippen LogP contribution in [-0.4, -0.2) is 5.11 Å². The van der Waals surface area contributed by atoms with Crippen molar-refractivity contribution in [1.82, 2.24) is 0 Å². The van der Waals surface area contributed by atoms with Crippen LogP contribution in [0.1, 0.15) is 11.1 Å². The van der Waals surface area contributed by atoms with Crippen LogP contribution in [0, 0.1) is 0 Å². The Bertz CT molecular complexity index is 755. The highest BCUT2D eigenvalue weighted by molar-refractivity contribution is 5.79. The highest BCUT2D eigenvalue weighted by Gasteiger charge is 2.05. The van der Waals surface area contributed by atoms with Crippen LogP contribution in [0.4, 0.5) is 10.1 Å². The highest BCUT2D eigenvalue weighted by Crippen LogP contribution is 2.25. The van der Waals surface area contributed by atoms with Gasteiger partial charge in [0, 0.05) is 17.0 Å². The smallest absolute Gasteiger partial charge is 0.130 e. The molecule has 0 atom stereocenters.